The molecule has 0 aliphatic rings. The number of urea groups is 1. The summed E-state index contributed by atoms with van der Waals surface area (Å²) in [6.07, 6.45) is 0. The minimum absolute atomic E-state index is 0.110. The topological polar surface area (TPSA) is 90.5 Å². The van der Waals surface area contributed by atoms with E-state index < -0.39 is 12.0 Å². The molecule has 0 fully saturated rings. The van der Waals surface area contributed by atoms with E-state index in [0.29, 0.717) is 5.69 Å². The van der Waals surface area contributed by atoms with Crippen LogP contribution in [-0.2, 0) is 0 Å². The maximum atomic E-state index is 11.6. The number of carboxylic acids is 1. The van der Waals surface area contributed by atoms with Gasteiger partial charge in [0.25, 0.3) is 0 Å². The predicted octanol–water partition coefficient (Wildman–Crippen LogP) is 2.53. The Balaban J connectivity index is 1.91. The number of rotatable bonds is 4. The summed E-state index contributed by atoms with van der Waals surface area (Å²) in [4.78, 5) is 22.4. The number of carbonyl (C=O) groups excluding carboxylic acids is 1. The van der Waals surface area contributed by atoms with Gasteiger partial charge in [-0.2, -0.15) is 0 Å². The fourth-order valence-electron chi connectivity index (χ4n) is 1.54. The van der Waals surface area contributed by atoms with E-state index in [4.69, 9.17) is 5.11 Å². The molecular formula is C14H13N3O3. The van der Waals surface area contributed by atoms with Crippen LogP contribution in [0.4, 0.5) is 16.2 Å². The van der Waals surface area contributed by atoms with Crippen molar-refractivity contribution in [3.05, 3.63) is 60.2 Å². The molecule has 0 aliphatic carbocycles. The number of benzene rings is 2. The smallest absolute Gasteiger partial charge is 0.337 e. The van der Waals surface area contributed by atoms with Crippen LogP contribution in [0.5, 0.6) is 0 Å². The molecule has 0 radical (unpaired) electrons. The number of aromatic carboxylic acids is 1. The number of hydrazine groups is 1. The van der Waals surface area contributed by atoms with Crippen LogP contribution in [-0.4, -0.2) is 17.1 Å². The third kappa shape index (κ3) is 3.74. The number of hydrogen-bond donors (Lipinski definition) is 4. The lowest BCUT2D eigenvalue weighted by molar-refractivity contribution is 0.0697. The summed E-state index contributed by atoms with van der Waals surface area (Å²) in [6, 6.07) is 14.6. The lowest BCUT2D eigenvalue weighted by Gasteiger charge is -2.10. The van der Waals surface area contributed by atoms with Gasteiger partial charge in [-0.1, -0.05) is 24.3 Å². The van der Waals surface area contributed by atoms with Gasteiger partial charge >= 0.3 is 12.0 Å². The molecule has 0 aliphatic heterocycles. The summed E-state index contributed by atoms with van der Waals surface area (Å²) in [5, 5.41) is 11.4. The van der Waals surface area contributed by atoms with Gasteiger partial charge in [0.2, 0.25) is 0 Å². The van der Waals surface area contributed by atoms with Crippen molar-refractivity contribution < 1.29 is 14.7 Å². The van der Waals surface area contributed by atoms with E-state index >= 15 is 0 Å². The molecule has 0 aromatic heterocycles. The normalized spacial score (nSPS) is 9.60. The predicted molar refractivity (Wildman–Crippen MR) is 75.6 cm³/mol. The second kappa shape index (κ2) is 6.24. The van der Waals surface area contributed by atoms with Crippen LogP contribution >= 0.6 is 0 Å². The molecule has 0 heterocycles. The highest BCUT2D eigenvalue weighted by Crippen LogP contribution is 2.10. The molecule has 2 aromatic rings. The van der Waals surface area contributed by atoms with E-state index in [2.05, 4.69) is 16.2 Å². The number of para-hydroxylation sites is 1. The van der Waals surface area contributed by atoms with E-state index in [9.17, 15) is 9.59 Å². The minimum Gasteiger partial charge on any atom is -0.478 e. The number of carboxylic acid groups (broad SMARTS) is 1. The molecule has 0 atom stereocenters. The first kappa shape index (κ1) is 13.4. The van der Waals surface area contributed by atoms with Crippen molar-refractivity contribution in [1.29, 1.82) is 0 Å². The van der Waals surface area contributed by atoms with Crippen LogP contribution < -0.4 is 16.2 Å². The molecule has 2 aromatic carbocycles. The molecule has 2 amide bonds. The number of anilines is 2. The highest BCUT2D eigenvalue weighted by Gasteiger charge is 2.05. The maximum Gasteiger partial charge on any atom is 0.337 e. The fourth-order valence-corrected chi connectivity index (χ4v) is 1.54. The fraction of sp³-hybridized carbons (Fsp3) is 0. The molecule has 0 bridgehead atoms. The highest BCUT2D eigenvalue weighted by atomic mass is 16.4. The number of nitrogens with one attached hydrogen (secondary N) is 3. The van der Waals surface area contributed by atoms with Crippen molar-refractivity contribution in [2.24, 2.45) is 0 Å². The molecule has 2 rings (SSSR count). The molecule has 20 heavy (non-hydrogen) atoms. The van der Waals surface area contributed by atoms with Crippen molar-refractivity contribution in [3.63, 3.8) is 0 Å². The zero-order valence-electron chi connectivity index (χ0n) is 10.5. The van der Waals surface area contributed by atoms with E-state index in [-0.39, 0.29) is 5.56 Å². The van der Waals surface area contributed by atoms with Gasteiger partial charge in [-0.15, -0.1) is 0 Å². The van der Waals surface area contributed by atoms with Gasteiger partial charge in [-0.05, 0) is 30.3 Å². The molecule has 0 spiro atoms. The molecule has 4 N–H and O–H groups in total. The van der Waals surface area contributed by atoms with E-state index in [1.165, 1.54) is 12.1 Å². The lowest BCUT2D eigenvalue weighted by Crippen LogP contribution is -2.33. The average Bonchev–Trinajstić information content (AvgIpc) is 2.46. The van der Waals surface area contributed by atoms with Crippen LogP contribution in [0.3, 0.4) is 0 Å². The quantitative estimate of drug-likeness (QED) is 0.643. The summed E-state index contributed by atoms with van der Waals surface area (Å²) in [7, 11) is 0. The van der Waals surface area contributed by atoms with E-state index in [1.807, 2.05) is 18.2 Å². The summed E-state index contributed by atoms with van der Waals surface area (Å²) in [5.41, 5.74) is 6.42. The van der Waals surface area contributed by atoms with Crippen LogP contribution in [0.25, 0.3) is 0 Å². The third-order valence-corrected chi connectivity index (χ3v) is 2.46. The highest BCUT2D eigenvalue weighted by molar-refractivity contribution is 5.93. The standard InChI is InChI=1S/C14H13N3O3/c18-13(19)10-5-4-8-12(9-10)15-14(20)17-16-11-6-2-1-3-7-11/h1-9,16H,(H,18,19)(H2,15,17,20). The molecule has 0 saturated heterocycles. The second-order valence-corrected chi connectivity index (χ2v) is 3.96. The van der Waals surface area contributed by atoms with Gasteiger partial charge in [0.1, 0.15) is 0 Å². The molecule has 0 unspecified atom stereocenters. The lowest BCUT2D eigenvalue weighted by atomic mass is 10.2. The Morgan fingerprint density at radius 3 is 2.30 bits per heavy atom. The van der Waals surface area contributed by atoms with Gasteiger partial charge in [-0.25, -0.2) is 9.59 Å². The van der Waals surface area contributed by atoms with Gasteiger partial charge in [0, 0.05) is 5.69 Å². The minimum atomic E-state index is -1.04. The Bertz CT molecular complexity index is 614. The van der Waals surface area contributed by atoms with E-state index in [0.717, 1.165) is 5.69 Å². The third-order valence-electron chi connectivity index (χ3n) is 2.46. The molecule has 0 saturated carbocycles. The zero-order chi connectivity index (χ0) is 14.4. The van der Waals surface area contributed by atoms with Gasteiger partial charge in [0.15, 0.2) is 0 Å². The maximum absolute atomic E-state index is 11.6. The van der Waals surface area contributed by atoms with Crippen molar-refractivity contribution in [2.75, 3.05) is 10.7 Å². The monoisotopic (exact) mass is 271 g/mol. The zero-order valence-corrected chi connectivity index (χ0v) is 10.5. The van der Waals surface area contributed by atoms with Gasteiger partial charge in [-0.3, -0.25) is 10.9 Å². The Kier molecular flexibility index (Phi) is 4.18. The average molecular weight is 271 g/mol. The van der Waals surface area contributed by atoms with Crippen LogP contribution in [0.15, 0.2) is 54.6 Å². The molecular weight excluding hydrogens is 258 g/mol. The van der Waals surface area contributed by atoms with Gasteiger partial charge in [0.05, 0.1) is 11.3 Å². The molecule has 6 nitrogen and oxygen atoms in total. The van der Waals surface area contributed by atoms with Crippen molar-refractivity contribution in [2.45, 2.75) is 0 Å². The van der Waals surface area contributed by atoms with Crippen LogP contribution in [0.1, 0.15) is 10.4 Å². The first-order valence-electron chi connectivity index (χ1n) is 5.86. The number of hydrogen-bond acceptors (Lipinski definition) is 3. The summed E-state index contributed by atoms with van der Waals surface area (Å²) in [5.74, 6) is -1.04. The van der Waals surface area contributed by atoms with Crippen molar-refractivity contribution in [1.82, 2.24) is 5.43 Å². The van der Waals surface area contributed by atoms with E-state index in [1.54, 1.807) is 24.3 Å². The Morgan fingerprint density at radius 2 is 1.60 bits per heavy atom. The van der Waals surface area contributed by atoms with Crippen molar-refractivity contribution in [3.8, 4) is 0 Å². The molecule has 6 heteroatoms. The SMILES string of the molecule is O=C(NNc1ccccc1)Nc1cccc(C(=O)O)c1. The number of amides is 2. The second-order valence-electron chi connectivity index (χ2n) is 3.96. The van der Waals surface area contributed by atoms with Crippen LogP contribution in [0, 0.1) is 0 Å². The van der Waals surface area contributed by atoms with Crippen LogP contribution in [0.2, 0.25) is 0 Å². The first-order valence-corrected chi connectivity index (χ1v) is 5.86. The summed E-state index contributed by atoms with van der Waals surface area (Å²) < 4.78 is 0. The number of carbonyl (C=O) groups is 2. The molecule has 102 valence electrons. The van der Waals surface area contributed by atoms with Gasteiger partial charge < -0.3 is 10.4 Å². The summed E-state index contributed by atoms with van der Waals surface area (Å²) >= 11 is 0. The Morgan fingerprint density at radius 1 is 0.900 bits per heavy atom. The largest absolute Gasteiger partial charge is 0.478 e. The van der Waals surface area contributed by atoms with Crippen molar-refractivity contribution >= 4 is 23.4 Å². The first-order chi connectivity index (χ1) is 9.65. The Labute approximate surface area is 115 Å². The Hall–Kier alpha value is -3.02. The summed E-state index contributed by atoms with van der Waals surface area (Å²) in [6.45, 7) is 0.